The molecular weight excluding hydrogens is 280 g/mol. The molecule has 0 bridgehead atoms. The number of amides is 2. The molecule has 2 amide bonds. The molecule has 20 heavy (non-hydrogen) atoms. The minimum atomic E-state index is -0.763. The maximum absolute atomic E-state index is 11.8. The molecule has 6 heteroatoms. The third kappa shape index (κ3) is 5.93. The molecule has 1 aromatic rings. The van der Waals surface area contributed by atoms with Crippen molar-refractivity contribution in [3.63, 3.8) is 0 Å². The molecule has 0 fully saturated rings. The zero-order valence-electron chi connectivity index (χ0n) is 11.9. The van der Waals surface area contributed by atoms with E-state index in [9.17, 15) is 9.59 Å². The first-order valence-corrected chi connectivity index (χ1v) is 6.56. The Morgan fingerprint density at radius 3 is 2.30 bits per heavy atom. The summed E-state index contributed by atoms with van der Waals surface area (Å²) in [6, 6.07) is 5.76. The summed E-state index contributed by atoms with van der Waals surface area (Å²) in [4.78, 5) is 23.4. The van der Waals surface area contributed by atoms with Gasteiger partial charge >= 0.3 is 6.09 Å². The standard InChI is InChI=1S/C14H18ClN2O3/c1-9(16-13(19)20-14(2,3)4)12(18)17-11-7-5-10(15)6-8-11/h5-9H,1-4H3,(H,16,19)/t9-/m0/s1. The van der Waals surface area contributed by atoms with Crippen LogP contribution in [0.4, 0.5) is 10.5 Å². The van der Waals surface area contributed by atoms with Gasteiger partial charge in [0, 0.05) is 5.02 Å². The van der Waals surface area contributed by atoms with Gasteiger partial charge < -0.3 is 10.1 Å². The van der Waals surface area contributed by atoms with Gasteiger partial charge in [0.1, 0.15) is 11.6 Å². The van der Waals surface area contributed by atoms with Crippen LogP contribution in [0, 0.1) is 0 Å². The quantitative estimate of drug-likeness (QED) is 0.932. The minimum Gasteiger partial charge on any atom is -0.444 e. The van der Waals surface area contributed by atoms with Crippen molar-refractivity contribution in [2.75, 3.05) is 0 Å². The maximum atomic E-state index is 11.8. The van der Waals surface area contributed by atoms with Crippen molar-refractivity contribution in [1.29, 1.82) is 0 Å². The average Bonchev–Trinajstić information content (AvgIpc) is 2.29. The molecular formula is C14H18ClN2O3. The predicted molar refractivity (Wildman–Crippen MR) is 77.1 cm³/mol. The average molecular weight is 298 g/mol. The number of hydrogen-bond acceptors (Lipinski definition) is 3. The molecule has 1 radical (unpaired) electrons. The zero-order valence-corrected chi connectivity index (χ0v) is 12.7. The lowest BCUT2D eigenvalue weighted by Crippen LogP contribution is -2.43. The highest BCUT2D eigenvalue weighted by molar-refractivity contribution is 6.30. The molecule has 5 nitrogen and oxygen atoms in total. The number of carbonyl (C=O) groups is 2. The van der Waals surface area contributed by atoms with Crippen LogP contribution in [0.5, 0.6) is 0 Å². The summed E-state index contributed by atoms with van der Waals surface area (Å²) >= 11 is 5.74. The third-order valence-corrected chi connectivity index (χ3v) is 2.42. The molecule has 0 unspecified atom stereocenters. The highest BCUT2D eigenvalue weighted by Crippen LogP contribution is 2.13. The molecule has 0 aliphatic heterocycles. The Morgan fingerprint density at radius 2 is 1.80 bits per heavy atom. The topological polar surface area (TPSA) is 69.5 Å². The van der Waals surface area contributed by atoms with Crippen LogP contribution < -0.4 is 10.6 Å². The van der Waals surface area contributed by atoms with Crippen LogP contribution in [0.2, 0.25) is 5.02 Å². The van der Waals surface area contributed by atoms with Crippen molar-refractivity contribution in [3.05, 3.63) is 29.3 Å². The maximum Gasteiger partial charge on any atom is 0.408 e. The number of nitrogens with one attached hydrogen (secondary N) is 1. The predicted octanol–water partition coefficient (Wildman–Crippen LogP) is 3.02. The monoisotopic (exact) mass is 297 g/mol. The lowest BCUT2D eigenvalue weighted by molar-refractivity contribution is -0.121. The first kappa shape index (κ1) is 16.3. The Balaban J connectivity index is 2.51. The number of carbonyl (C=O) groups excluding carboxylic acids is 2. The highest BCUT2D eigenvalue weighted by Gasteiger charge is 2.21. The number of ether oxygens (including phenoxy) is 1. The largest absolute Gasteiger partial charge is 0.444 e. The summed E-state index contributed by atoms with van der Waals surface area (Å²) < 4.78 is 5.06. The smallest absolute Gasteiger partial charge is 0.408 e. The number of benzene rings is 1. The lowest BCUT2D eigenvalue weighted by atomic mass is 10.2. The van der Waals surface area contributed by atoms with Gasteiger partial charge in [-0.1, -0.05) is 11.6 Å². The summed E-state index contributed by atoms with van der Waals surface area (Å²) in [5, 5.41) is 6.89. The second kappa shape index (κ2) is 6.61. The molecule has 1 N–H and O–H groups in total. The fourth-order valence-corrected chi connectivity index (χ4v) is 1.41. The van der Waals surface area contributed by atoms with Gasteiger partial charge in [-0.25, -0.2) is 10.1 Å². The van der Waals surface area contributed by atoms with Gasteiger partial charge in [-0.05, 0) is 52.0 Å². The fraction of sp³-hybridized carbons (Fsp3) is 0.429. The summed E-state index contributed by atoms with van der Waals surface area (Å²) in [5.74, 6) is -0.460. The Kier molecular flexibility index (Phi) is 5.39. The molecule has 0 saturated carbocycles. The van der Waals surface area contributed by atoms with Crippen molar-refractivity contribution >= 4 is 29.3 Å². The number of hydrogen-bond donors (Lipinski definition) is 1. The lowest BCUT2D eigenvalue weighted by Gasteiger charge is -2.21. The van der Waals surface area contributed by atoms with Crippen LogP contribution in [0.3, 0.4) is 0 Å². The SMILES string of the molecule is C[C@H](NC(=O)OC(C)(C)C)C(=O)[N]c1ccc(Cl)cc1. The van der Waals surface area contributed by atoms with Crippen LogP contribution >= 0.6 is 11.6 Å². The van der Waals surface area contributed by atoms with E-state index in [1.807, 2.05) is 0 Å². The highest BCUT2D eigenvalue weighted by atomic mass is 35.5. The fourth-order valence-electron chi connectivity index (χ4n) is 1.29. The van der Waals surface area contributed by atoms with Gasteiger partial charge in [0.2, 0.25) is 0 Å². The van der Waals surface area contributed by atoms with Crippen molar-refractivity contribution < 1.29 is 14.3 Å². The molecule has 109 valence electrons. The molecule has 0 heterocycles. The van der Waals surface area contributed by atoms with E-state index in [1.165, 1.54) is 0 Å². The number of rotatable bonds is 3. The van der Waals surface area contributed by atoms with Gasteiger partial charge in [-0.2, -0.15) is 0 Å². The van der Waals surface area contributed by atoms with Gasteiger partial charge in [-0.3, -0.25) is 4.79 Å². The van der Waals surface area contributed by atoms with Gasteiger partial charge in [0.25, 0.3) is 5.91 Å². The van der Waals surface area contributed by atoms with E-state index >= 15 is 0 Å². The van der Waals surface area contributed by atoms with Crippen LogP contribution in [0.1, 0.15) is 27.7 Å². The first-order chi connectivity index (χ1) is 9.17. The van der Waals surface area contributed by atoms with Crippen molar-refractivity contribution in [3.8, 4) is 0 Å². The molecule has 0 aromatic heterocycles. The van der Waals surface area contributed by atoms with Crippen LogP contribution in [0.25, 0.3) is 0 Å². The molecule has 1 rings (SSSR count). The Bertz CT molecular complexity index is 480. The van der Waals surface area contributed by atoms with Crippen LogP contribution in [-0.2, 0) is 9.53 Å². The van der Waals surface area contributed by atoms with Crippen molar-refractivity contribution in [2.45, 2.75) is 39.3 Å². The van der Waals surface area contributed by atoms with Crippen LogP contribution in [-0.4, -0.2) is 23.6 Å². The van der Waals surface area contributed by atoms with Gasteiger partial charge in [-0.15, -0.1) is 0 Å². The van der Waals surface area contributed by atoms with E-state index in [4.69, 9.17) is 16.3 Å². The zero-order chi connectivity index (χ0) is 15.3. The van der Waals surface area contributed by atoms with E-state index < -0.39 is 23.6 Å². The third-order valence-electron chi connectivity index (χ3n) is 2.17. The summed E-state index contributed by atoms with van der Waals surface area (Å²) in [5.41, 5.74) is -0.127. The minimum absolute atomic E-state index is 0.460. The molecule has 0 aliphatic carbocycles. The number of alkyl carbamates (subject to hydrolysis) is 1. The number of halogens is 1. The van der Waals surface area contributed by atoms with Crippen molar-refractivity contribution in [2.24, 2.45) is 0 Å². The molecule has 0 saturated heterocycles. The Hall–Kier alpha value is -1.75. The second-order valence-electron chi connectivity index (χ2n) is 5.29. The van der Waals surface area contributed by atoms with E-state index in [0.717, 1.165) is 0 Å². The van der Waals surface area contributed by atoms with E-state index in [2.05, 4.69) is 10.6 Å². The van der Waals surface area contributed by atoms with Crippen molar-refractivity contribution in [1.82, 2.24) is 10.6 Å². The van der Waals surface area contributed by atoms with Crippen LogP contribution in [0.15, 0.2) is 24.3 Å². The molecule has 1 aromatic carbocycles. The summed E-state index contributed by atoms with van der Waals surface area (Å²) in [7, 11) is 0. The van der Waals surface area contributed by atoms with E-state index in [1.54, 1.807) is 52.0 Å². The van der Waals surface area contributed by atoms with E-state index in [0.29, 0.717) is 10.7 Å². The summed E-state index contributed by atoms with van der Waals surface area (Å²) in [6.45, 7) is 6.79. The molecule has 1 atom stereocenters. The Labute approximate surface area is 123 Å². The van der Waals surface area contributed by atoms with Gasteiger partial charge in [0.15, 0.2) is 0 Å². The molecule has 0 aliphatic rings. The Morgan fingerprint density at radius 1 is 1.25 bits per heavy atom. The normalized spacial score (nSPS) is 12.4. The first-order valence-electron chi connectivity index (χ1n) is 6.18. The molecule has 0 spiro atoms. The second-order valence-corrected chi connectivity index (χ2v) is 5.73. The van der Waals surface area contributed by atoms with Gasteiger partial charge in [0.05, 0.1) is 5.69 Å². The number of nitrogens with zero attached hydrogens (tertiary/aromatic N) is 1. The summed E-state index contributed by atoms with van der Waals surface area (Å²) in [6.07, 6.45) is -0.648. The van der Waals surface area contributed by atoms with E-state index in [-0.39, 0.29) is 0 Å².